The zero-order valence-corrected chi connectivity index (χ0v) is 7.66. The largest absolute Gasteiger partial charge is 0.365 e. The zero-order chi connectivity index (χ0) is 8.67. The van der Waals surface area contributed by atoms with Crippen molar-refractivity contribution in [3.63, 3.8) is 0 Å². The first kappa shape index (κ1) is 7.39. The Bertz CT molecular complexity index is 318. The van der Waals surface area contributed by atoms with Gasteiger partial charge in [0.1, 0.15) is 0 Å². The van der Waals surface area contributed by atoms with Gasteiger partial charge in [-0.3, -0.25) is 0 Å². The van der Waals surface area contributed by atoms with Crippen LogP contribution in [0.5, 0.6) is 0 Å². The highest BCUT2D eigenvalue weighted by Crippen LogP contribution is 2.29. The van der Waals surface area contributed by atoms with E-state index in [1.54, 1.807) is 0 Å². The summed E-state index contributed by atoms with van der Waals surface area (Å²) in [5, 5.41) is 3.33. The molecule has 0 saturated carbocycles. The molecule has 68 valence electrons. The Kier molecular flexibility index (Phi) is 1.56. The van der Waals surface area contributed by atoms with Gasteiger partial charge in [-0.05, 0) is 18.1 Å². The minimum absolute atomic E-state index is 0.753. The molecule has 0 atom stereocenters. The van der Waals surface area contributed by atoms with Crippen LogP contribution in [0.1, 0.15) is 5.56 Å². The lowest BCUT2D eigenvalue weighted by Gasteiger charge is -2.37. The van der Waals surface area contributed by atoms with E-state index in [1.165, 1.54) is 24.2 Å². The molecule has 0 unspecified atom stereocenters. The quantitative estimate of drug-likeness (QED) is 0.684. The normalized spacial score (nSPS) is 21.4. The van der Waals surface area contributed by atoms with E-state index in [9.17, 15) is 0 Å². The molecule has 1 saturated heterocycles. The van der Waals surface area contributed by atoms with E-state index >= 15 is 0 Å². The van der Waals surface area contributed by atoms with Gasteiger partial charge in [0.2, 0.25) is 0 Å². The van der Waals surface area contributed by atoms with Gasteiger partial charge in [0, 0.05) is 25.3 Å². The third kappa shape index (κ3) is 1.05. The second kappa shape index (κ2) is 2.74. The molecule has 13 heavy (non-hydrogen) atoms. The first-order valence-corrected chi connectivity index (χ1v) is 5.00. The van der Waals surface area contributed by atoms with Crippen LogP contribution in [0, 0.1) is 0 Å². The molecular formula is C11H14N2. The van der Waals surface area contributed by atoms with E-state index in [0.29, 0.717) is 0 Å². The van der Waals surface area contributed by atoms with Crippen LogP contribution < -0.4 is 10.2 Å². The van der Waals surface area contributed by atoms with Crippen molar-refractivity contribution in [3.05, 3.63) is 29.8 Å². The molecule has 0 aliphatic carbocycles. The van der Waals surface area contributed by atoms with Crippen molar-refractivity contribution in [3.8, 4) is 0 Å². The molecular weight excluding hydrogens is 160 g/mol. The van der Waals surface area contributed by atoms with Crippen molar-refractivity contribution in [2.45, 2.75) is 12.5 Å². The third-order valence-electron chi connectivity index (χ3n) is 3.12. The maximum atomic E-state index is 3.33. The molecule has 2 aliphatic heterocycles. The summed E-state index contributed by atoms with van der Waals surface area (Å²) in [6.07, 6.45) is 1.23. The predicted molar refractivity (Wildman–Crippen MR) is 54.1 cm³/mol. The summed E-state index contributed by atoms with van der Waals surface area (Å²) in [7, 11) is 0. The molecule has 1 N–H and O–H groups in total. The standard InChI is InChI=1S/C11H14N2/c1-2-4-11-9(3-1)5-6-13(11)10-7-12-8-10/h1-4,10,12H,5-8H2. The van der Waals surface area contributed by atoms with Gasteiger partial charge in [-0.1, -0.05) is 18.2 Å². The second-order valence-electron chi connectivity index (χ2n) is 3.88. The molecule has 2 aliphatic rings. The van der Waals surface area contributed by atoms with Gasteiger partial charge < -0.3 is 10.2 Å². The molecule has 1 aromatic carbocycles. The fourth-order valence-corrected chi connectivity index (χ4v) is 2.24. The Morgan fingerprint density at radius 1 is 1.23 bits per heavy atom. The number of anilines is 1. The van der Waals surface area contributed by atoms with Crippen molar-refractivity contribution in [1.29, 1.82) is 0 Å². The molecule has 2 nitrogen and oxygen atoms in total. The summed E-state index contributed by atoms with van der Waals surface area (Å²) in [5.41, 5.74) is 2.99. The van der Waals surface area contributed by atoms with E-state index < -0.39 is 0 Å². The third-order valence-corrected chi connectivity index (χ3v) is 3.12. The molecule has 0 aromatic heterocycles. The van der Waals surface area contributed by atoms with Crippen LogP contribution in [0.3, 0.4) is 0 Å². The summed E-state index contributed by atoms with van der Waals surface area (Å²) in [5.74, 6) is 0. The Morgan fingerprint density at radius 3 is 2.85 bits per heavy atom. The molecule has 0 spiro atoms. The molecule has 0 amide bonds. The van der Waals surface area contributed by atoms with Crippen LogP contribution >= 0.6 is 0 Å². The van der Waals surface area contributed by atoms with Gasteiger partial charge >= 0.3 is 0 Å². The molecule has 2 heteroatoms. The fraction of sp³-hybridized carbons (Fsp3) is 0.455. The van der Waals surface area contributed by atoms with Crippen molar-refractivity contribution in [1.82, 2.24) is 5.32 Å². The number of para-hydroxylation sites is 1. The summed E-state index contributed by atoms with van der Waals surface area (Å²) in [4.78, 5) is 2.55. The summed E-state index contributed by atoms with van der Waals surface area (Å²) in [6, 6.07) is 9.54. The summed E-state index contributed by atoms with van der Waals surface area (Å²) in [6.45, 7) is 3.54. The number of nitrogens with zero attached hydrogens (tertiary/aromatic N) is 1. The zero-order valence-electron chi connectivity index (χ0n) is 7.66. The maximum Gasteiger partial charge on any atom is 0.0539 e. The lowest BCUT2D eigenvalue weighted by Crippen LogP contribution is -2.56. The molecule has 2 heterocycles. The van der Waals surface area contributed by atoms with Crippen molar-refractivity contribution in [2.24, 2.45) is 0 Å². The number of fused-ring (bicyclic) bond motifs is 1. The minimum Gasteiger partial charge on any atom is -0.365 e. The highest BCUT2D eigenvalue weighted by Gasteiger charge is 2.29. The van der Waals surface area contributed by atoms with E-state index in [1.807, 2.05) is 0 Å². The first-order chi connectivity index (χ1) is 6.45. The van der Waals surface area contributed by atoms with Gasteiger partial charge in [0.05, 0.1) is 6.04 Å². The Hall–Kier alpha value is -1.02. The monoisotopic (exact) mass is 174 g/mol. The minimum atomic E-state index is 0.753. The van der Waals surface area contributed by atoms with Gasteiger partial charge in [-0.15, -0.1) is 0 Å². The second-order valence-corrected chi connectivity index (χ2v) is 3.88. The maximum absolute atomic E-state index is 3.33. The average Bonchev–Trinajstić information content (AvgIpc) is 2.47. The summed E-state index contributed by atoms with van der Waals surface area (Å²) >= 11 is 0. The number of hydrogen-bond donors (Lipinski definition) is 1. The van der Waals surface area contributed by atoms with E-state index in [4.69, 9.17) is 0 Å². The number of hydrogen-bond acceptors (Lipinski definition) is 2. The Morgan fingerprint density at radius 2 is 2.08 bits per heavy atom. The lowest BCUT2D eigenvalue weighted by atomic mass is 10.1. The van der Waals surface area contributed by atoms with Crippen LogP contribution in [0.15, 0.2) is 24.3 Å². The van der Waals surface area contributed by atoms with Gasteiger partial charge in [-0.25, -0.2) is 0 Å². The van der Waals surface area contributed by atoms with Crippen molar-refractivity contribution < 1.29 is 0 Å². The predicted octanol–water partition coefficient (Wildman–Crippen LogP) is 1.02. The number of rotatable bonds is 1. The van der Waals surface area contributed by atoms with Crippen LogP contribution in [-0.2, 0) is 6.42 Å². The van der Waals surface area contributed by atoms with Crippen LogP contribution in [0.4, 0.5) is 5.69 Å². The van der Waals surface area contributed by atoms with Gasteiger partial charge in [0.15, 0.2) is 0 Å². The van der Waals surface area contributed by atoms with E-state index in [-0.39, 0.29) is 0 Å². The van der Waals surface area contributed by atoms with E-state index in [2.05, 4.69) is 34.5 Å². The van der Waals surface area contributed by atoms with Crippen molar-refractivity contribution >= 4 is 5.69 Å². The molecule has 0 radical (unpaired) electrons. The molecule has 3 rings (SSSR count). The Labute approximate surface area is 78.6 Å². The van der Waals surface area contributed by atoms with Crippen LogP contribution in [-0.4, -0.2) is 25.7 Å². The molecule has 1 aromatic rings. The van der Waals surface area contributed by atoms with E-state index in [0.717, 1.165) is 19.1 Å². The number of nitrogens with one attached hydrogen (secondary N) is 1. The Balaban J connectivity index is 1.93. The van der Waals surface area contributed by atoms with Crippen LogP contribution in [0.25, 0.3) is 0 Å². The smallest absolute Gasteiger partial charge is 0.0539 e. The molecule has 0 bridgehead atoms. The average molecular weight is 174 g/mol. The number of benzene rings is 1. The lowest BCUT2D eigenvalue weighted by molar-refractivity contribution is 0.420. The summed E-state index contributed by atoms with van der Waals surface area (Å²) < 4.78 is 0. The van der Waals surface area contributed by atoms with Crippen LogP contribution in [0.2, 0.25) is 0 Å². The topological polar surface area (TPSA) is 15.3 Å². The highest BCUT2D eigenvalue weighted by atomic mass is 15.2. The highest BCUT2D eigenvalue weighted by molar-refractivity contribution is 5.59. The fourth-order valence-electron chi connectivity index (χ4n) is 2.24. The van der Waals surface area contributed by atoms with Gasteiger partial charge in [0.25, 0.3) is 0 Å². The first-order valence-electron chi connectivity index (χ1n) is 5.00. The molecule has 1 fully saturated rings. The van der Waals surface area contributed by atoms with Gasteiger partial charge in [-0.2, -0.15) is 0 Å². The SMILES string of the molecule is c1ccc2c(c1)CCN2C1CNC1. The van der Waals surface area contributed by atoms with Crippen molar-refractivity contribution in [2.75, 3.05) is 24.5 Å².